The van der Waals surface area contributed by atoms with Crippen molar-refractivity contribution in [3.8, 4) is 0 Å². The van der Waals surface area contributed by atoms with E-state index in [1.54, 1.807) is 36.4 Å². The van der Waals surface area contributed by atoms with Gasteiger partial charge in [-0.25, -0.2) is 4.79 Å². The summed E-state index contributed by atoms with van der Waals surface area (Å²) in [6.07, 6.45) is 0.141. The Labute approximate surface area is 149 Å². The predicted molar refractivity (Wildman–Crippen MR) is 94.8 cm³/mol. The fourth-order valence-electron chi connectivity index (χ4n) is 2.21. The van der Waals surface area contributed by atoms with Crippen molar-refractivity contribution in [3.05, 3.63) is 64.7 Å². The lowest BCUT2D eigenvalue weighted by Crippen LogP contribution is -2.42. The molecule has 3 N–H and O–H groups in total. The van der Waals surface area contributed by atoms with Crippen molar-refractivity contribution in [3.63, 3.8) is 0 Å². The van der Waals surface area contributed by atoms with E-state index in [9.17, 15) is 19.5 Å². The topological polar surface area (TPSA) is 95.5 Å². The van der Waals surface area contributed by atoms with Crippen molar-refractivity contribution >= 4 is 35.1 Å². The van der Waals surface area contributed by atoms with E-state index in [1.807, 2.05) is 0 Å². The summed E-state index contributed by atoms with van der Waals surface area (Å²) >= 11 is 5.81. The van der Waals surface area contributed by atoms with Crippen LogP contribution in [0, 0.1) is 0 Å². The van der Waals surface area contributed by atoms with E-state index >= 15 is 0 Å². The monoisotopic (exact) mass is 360 g/mol. The van der Waals surface area contributed by atoms with Crippen molar-refractivity contribution in [2.45, 2.75) is 19.4 Å². The van der Waals surface area contributed by atoms with E-state index in [-0.39, 0.29) is 12.3 Å². The number of carboxylic acids is 1. The van der Waals surface area contributed by atoms with Crippen molar-refractivity contribution in [2.75, 3.05) is 5.32 Å². The summed E-state index contributed by atoms with van der Waals surface area (Å²) in [5.41, 5.74) is 1.61. The highest BCUT2D eigenvalue weighted by Gasteiger charge is 2.21. The molecule has 0 saturated carbocycles. The Balaban J connectivity index is 2.05. The molecule has 130 valence electrons. The van der Waals surface area contributed by atoms with Gasteiger partial charge in [0.1, 0.15) is 6.04 Å². The quantitative estimate of drug-likeness (QED) is 0.738. The summed E-state index contributed by atoms with van der Waals surface area (Å²) in [6.45, 7) is 1.38. The maximum atomic E-state index is 12.3. The molecule has 0 fully saturated rings. The van der Waals surface area contributed by atoms with Crippen molar-refractivity contribution in [1.29, 1.82) is 0 Å². The number of hydrogen-bond donors (Lipinski definition) is 3. The number of benzene rings is 2. The first-order chi connectivity index (χ1) is 11.8. The van der Waals surface area contributed by atoms with Crippen LogP contribution in [0.25, 0.3) is 0 Å². The van der Waals surface area contributed by atoms with Crippen LogP contribution in [-0.4, -0.2) is 28.9 Å². The Bertz CT molecular complexity index is 773. The van der Waals surface area contributed by atoms with Gasteiger partial charge < -0.3 is 15.7 Å². The number of carbonyl (C=O) groups excluding carboxylic acids is 2. The molecule has 25 heavy (non-hydrogen) atoms. The van der Waals surface area contributed by atoms with E-state index in [0.717, 1.165) is 5.56 Å². The summed E-state index contributed by atoms with van der Waals surface area (Å²) in [5, 5.41) is 15.0. The number of halogens is 1. The molecule has 2 amide bonds. The average molecular weight is 361 g/mol. The van der Waals surface area contributed by atoms with Crippen LogP contribution in [-0.2, 0) is 16.0 Å². The van der Waals surface area contributed by atoms with Gasteiger partial charge in [-0.2, -0.15) is 0 Å². The molecule has 6 nitrogen and oxygen atoms in total. The summed E-state index contributed by atoms with van der Waals surface area (Å²) < 4.78 is 0. The second-order valence-corrected chi connectivity index (χ2v) is 5.89. The molecule has 0 aromatic heterocycles. The Morgan fingerprint density at radius 3 is 2.16 bits per heavy atom. The van der Waals surface area contributed by atoms with Crippen LogP contribution in [0.5, 0.6) is 0 Å². The normalized spacial score (nSPS) is 11.4. The third kappa shape index (κ3) is 5.61. The van der Waals surface area contributed by atoms with Gasteiger partial charge in [0.2, 0.25) is 5.91 Å². The number of rotatable bonds is 6. The largest absolute Gasteiger partial charge is 0.480 e. The van der Waals surface area contributed by atoms with Crippen LogP contribution in [0.15, 0.2) is 48.5 Å². The number of hydrogen-bond acceptors (Lipinski definition) is 3. The van der Waals surface area contributed by atoms with Crippen LogP contribution >= 0.6 is 11.6 Å². The fourth-order valence-corrected chi connectivity index (χ4v) is 2.33. The summed E-state index contributed by atoms with van der Waals surface area (Å²) in [4.78, 5) is 34.7. The Morgan fingerprint density at radius 2 is 1.64 bits per heavy atom. The lowest BCUT2D eigenvalue weighted by atomic mass is 10.1. The van der Waals surface area contributed by atoms with Crippen molar-refractivity contribution < 1.29 is 19.5 Å². The van der Waals surface area contributed by atoms with Crippen LogP contribution in [0.4, 0.5) is 5.69 Å². The summed E-state index contributed by atoms with van der Waals surface area (Å²) in [6, 6.07) is 11.9. The summed E-state index contributed by atoms with van der Waals surface area (Å²) in [5.74, 6) is -1.85. The second-order valence-electron chi connectivity index (χ2n) is 5.45. The maximum Gasteiger partial charge on any atom is 0.326 e. The Kier molecular flexibility index (Phi) is 6.14. The predicted octanol–water partition coefficient (Wildman–Crippen LogP) is 2.72. The van der Waals surface area contributed by atoms with Gasteiger partial charge in [0.15, 0.2) is 0 Å². The number of anilines is 1. The average Bonchev–Trinajstić information content (AvgIpc) is 2.56. The zero-order valence-corrected chi connectivity index (χ0v) is 14.2. The van der Waals surface area contributed by atoms with E-state index in [4.69, 9.17) is 11.6 Å². The number of amides is 2. The molecule has 1 atom stereocenters. The number of nitrogens with one attached hydrogen (secondary N) is 2. The second kappa shape index (κ2) is 8.30. The van der Waals surface area contributed by atoms with Gasteiger partial charge in [0.25, 0.3) is 5.91 Å². The highest BCUT2D eigenvalue weighted by Crippen LogP contribution is 2.13. The number of carbonyl (C=O) groups is 3. The zero-order chi connectivity index (χ0) is 18.4. The molecule has 0 bridgehead atoms. The van der Waals surface area contributed by atoms with E-state index in [0.29, 0.717) is 16.3 Å². The van der Waals surface area contributed by atoms with Gasteiger partial charge in [-0.3, -0.25) is 9.59 Å². The molecule has 2 aromatic carbocycles. The van der Waals surface area contributed by atoms with Gasteiger partial charge in [0, 0.05) is 29.6 Å². The third-order valence-corrected chi connectivity index (χ3v) is 3.68. The third-order valence-electron chi connectivity index (χ3n) is 3.42. The SMILES string of the molecule is CC(=O)Nc1ccc(C(=O)N[C@@H](Cc2ccc(Cl)cc2)C(=O)O)cc1. The highest BCUT2D eigenvalue weighted by molar-refractivity contribution is 6.30. The van der Waals surface area contributed by atoms with Crippen molar-refractivity contribution in [2.24, 2.45) is 0 Å². The van der Waals surface area contributed by atoms with Gasteiger partial charge in [-0.15, -0.1) is 0 Å². The summed E-state index contributed by atoms with van der Waals surface area (Å²) in [7, 11) is 0. The van der Waals surface area contributed by atoms with E-state index in [2.05, 4.69) is 10.6 Å². The minimum absolute atomic E-state index is 0.141. The zero-order valence-electron chi connectivity index (χ0n) is 13.5. The molecule has 0 aliphatic heterocycles. The van der Waals surface area contributed by atoms with Crippen LogP contribution in [0.3, 0.4) is 0 Å². The molecular weight excluding hydrogens is 344 g/mol. The van der Waals surface area contributed by atoms with Crippen LogP contribution < -0.4 is 10.6 Å². The maximum absolute atomic E-state index is 12.3. The van der Waals surface area contributed by atoms with E-state index in [1.165, 1.54) is 19.1 Å². The number of aliphatic carboxylic acids is 1. The molecular formula is C18H17ClN2O4. The molecule has 0 unspecified atom stereocenters. The smallest absolute Gasteiger partial charge is 0.326 e. The number of carboxylic acid groups (broad SMARTS) is 1. The molecule has 2 rings (SSSR count). The Hall–Kier alpha value is -2.86. The Morgan fingerprint density at radius 1 is 1.04 bits per heavy atom. The fraction of sp³-hybridized carbons (Fsp3) is 0.167. The van der Waals surface area contributed by atoms with Gasteiger partial charge >= 0.3 is 5.97 Å². The first-order valence-electron chi connectivity index (χ1n) is 7.51. The first-order valence-corrected chi connectivity index (χ1v) is 7.88. The first kappa shape index (κ1) is 18.5. The molecule has 7 heteroatoms. The van der Waals surface area contributed by atoms with Crippen molar-refractivity contribution in [1.82, 2.24) is 5.32 Å². The van der Waals surface area contributed by atoms with Crippen LogP contribution in [0.2, 0.25) is 5.02 Å². The molecule has 0 aliphatic carbocycles. The minimum atomic E-state index is -1.13. The molecule has 0 radical (unpaired) electrons. The van der Waals surface area contributed by atoms with E-state index < -0.39 is 17.9 Å². The van der Waals surface area contributed by atoms with Gasteiger partial charge in [-0.05, 0) is 42.0 Å². The standard InChI is InChI=1S/C18H17ClN2O4/c1-11(22)20-15-8-4-13(5-9-15)17(23)21-16(18(24)25)10-12-2-6-14(19)7-3-12/h2-9,16H,10H2,1H3,(H,20,22)(H,21,23)(H,24,25)/t16-/m0/s1. The highest BCUT2D eigenvalue weighted by atomic mass is 35.5. The van der Waals surface area contributed by atoms with Gasteiger partial charge in [0.05, 0.1) is 0 Å². The molecule has 2 aromatic rings. The lowest BCUT2D eigenvalue weighted by molar-refractivity contribution is -0.139. The molecule has 0 saturated heterocycles. The van der Waals surface area contributed by atoms with Gasteiger partial charge in [-0.1, -0.05) is 23.7 Å². The molecule has 0 spiro atoms. The van der Waals surface area contributed by atoms with Crippen LogP contribution in [0.1, 0.15) is 22.8 Å². The molecule has 0 aliphatic rings. The minimum Gasteiger partial charge on any atom is -0.480 e. The lowest BCUT2D eigenvalue weighted by Gasteiger charge is -2.15. The molecule has 0 heterocycles.